The van der Waals surface area contributed by atoms with Gasteiger partial charge < -0.3 is 10.3 Å². The number of amides is 1. The second kappa shape index (κ2) is 7.77. The van der Waals surface area contributed by atoms with Gasteiger partial charge in [-0.2, -0.15) is 0 Å². The van der Waals surface area contributed by atoms with Gasteiger partial charge in [-0.15, -0.1) is 0 Å². The zero-order chi connectivity index (χ0) is 18.7. The summed E-state index contributed by atoms with van der Waals surface area (Å²) in [5.41, 5.74) is 6.09. The third kappa shape index (κ3) is 3.82. The number of para-hydroxylation sites is 1. The average molecular weight is 348 g/mol. The zero-order valence-electron chi connectivity index (χ0n) is 16.1. The lowest BCUT2D eigenvalue weighted by Gasteiger charge is -2.19. The molecule has 0 aliphatic rings. The number of aromatic amines is 1. The van der Waals surface area contributed by atoms with Crippen molar-refractivity contribution in [3.8, 4) is 0 Å². The molecule has 0 saturated carbocycles. The van der Waals surface area contributed by atoms with Crippen molar-refractivity contribution in [3.63, 3.8) is 0 Å². The monoisotopic (exact) mass is 348 g/mol. The van der Waals surface area contributed by atoms with E-state index in [2.05, 4.69) is 72.8 Å². The van der Waals surface area contributed by atoms with Gasteiger partial charge >= 0.3 is 0 Å². The lowest BCUT2D eigenvalue weighted by molar-refractivity contribution is -0.121. The number of nitrogens with one attached hydrogen (secondary N) is 2. The molecule has 1 amide bonds. The molecule has 0 bridgehead atoms. The lowest BCUT2D eigenvalue weighted by Crippen LogP contribution is -2.31. The van der Waals surface area contributed by atoms with E-state index in [4.69, 9.17) is 0 Å². The molecular formula is C23H28N2O. The molecule has 1 atom stereocenters. The number of benzene rings is 2. The minimum atomic E-state index is 0.0366. The molecule has 3 nitrogen and oxygen atoms in total. The van der Waals surface area contributed by atoms with Gasteiger partial charge in [0.1, 0.15) is 0 Å². The summed E-state index contributed by atoms with van der Waals surface area (Å²) in [6.07, 6.45) is 3.52. The third-order valence-corrected chi connectivity index (χ3v) is 4.87. The Kier molecular flexibility index (Phi) is 5.46. The van der Waals surface area contributed by atoms with Gasteiger partial charge in [0.15, 0.2) is 0 Å². The first-order valence-corrected chi connectivity index (χ1v) is 9.44. The Bertz CT molecular complexity index is 907. The van der Waals surface area contributed by atoms with E-state index in [1.165, 1.54) is 33.2 Å². The standard InChI is InChI=1S/C23H28N2O/c1-5-17-9-7-11-19-21(14-24-23(17)19)20(13-22(26)25-15(2)3)18-10-6-8-16(4)12-18/h6-12,14-15,20,24H,5,13H2,1-4H3,(H,25,26)/t20-/m0/s1. The van der Waals surface area contributed by atoms with E-state index in [0.29, 0.717) is 6.42 Å². The molecule has 1 heterocycles. The molecule has 136 valence electrons. The summed E-state index contributed by atoms with van der Waals surface area (Å²) in [5.74, 6) is 0.127. The molecule has 0 radical (unpaired) electrons. The maximum Gasteiger partial charge on any atom is 0.221 e. The normalized spacial score (nSPS) is 12.5. The first-order chi connectivity index (χ1) is 12.5. The fourth-order valence-corrected chi connectivity index (χ4v) is 3.68. The van der Waals surface area contributed by atoms with Gasteiger partial charge in [-0.3, -0.25) is 4.79 Å². The smallest absolute Gasteiger partial charge is 0.221 e. The summed E-state index contributed by atoms with van der Waals surface area (Å²) in [4.78, 5) is 16.0. The van der Waals surface area contributed by atoms with Crippen molar-refractivity contribution in [1.29, 1.82) is 0 Å². The molecule has 0 aliphatic carbocycles. The molecular weight excluding hydrogens is 320 g/mol. The minimum Gasteiger partial charge on any atom is -0.361 e. The van der Waals surface area contributed by atoms with E-state index in [9.17, 15) is 4.79 Å². The van der Waals surface area contributed by atoms with E-state index in [-0.39, 0.29) is 17.9 Å². The number of fused-ring (bicyclic) bond motifs is 1. The fraction of sp³-hybridized carbons (Fsp3) is 0.348. The Morgan fingerprint density at radius 1 is 1.15 bits per heavy atom. The highest BCUT2D eigenvalue weighted by Crippen LogP contribution is 2.34. The molecule has 0 aliphatic heterocycles. The fourth-order valence-electron chi connectivity index (χ4n) is 3.68. The van der Waals surface area contributed by atoms with Crippen LogP contribution in [0.25, 0.3) is 10.9 Å². The minimum absolute atomic E-state index is 0.0366. The molecule has 0 fully saturated rings. The van der Waals surface area contributed by atoms with Crippen LogP contribution in [0.3, 0.4) is 0 Å². The second-order valence-electron chi connectivity index (χ2n) is 7.33. The Morgan fingerprint density at radius 2 is 1.92 bits per heavy atom. The number of H-pyrrole nitrogens is 1. The number of carbonyl (C=O) groups excluding carboxylic acids is 1. The summed E-state index contributed by atoms with van der Waals surface area (Å²) < 4.78 is 0. The van der Waals surface area contributed by atoms with Crippen LogP contribution in [0.4, 0.5) is 0 Å². The topological polar surface area (TPSA) is 44.9 Å². The number of hydrogen-bond acceptors (Lipinski definition) is 1. The van der Waals surface area contributed by atoms with Crippen LogP contribution >= 0.6 is 0 Å². The molecule has 2 aromatic carbocycles. The van der Waals surface area contributed by atoms with E-state index in [1.807, 2.05) is 13.8 Å². The summed E-state index contributed by atoms with van der Waals surface area (Å²) in [6, 6.07) is 15.1. The van der Waals surface area contributed by atoms with Crippen LogP contribution in [0.15, 0.2) is 48.7 Å². The Hall–Kier alpha value is -2.55. The summed E-state index contributed by atoms with van der Waals surface area (Å²) in [5, 5.41) is 4.26. The number of aryl methyl sites for hydroxylation is 2. The first-order valence-electron chi connectivity index (χ1n) is 9.44. The molecule has 2 N–H and O–H groups in total. The average Bonchev–Trinajstić information content (AvgIpc) is 3.03. The van der Waals surface area contributed by atoms with E-state index < -0.39 is 0 Å². The van der Waals surface area contributed by atoms with Crippen molar-refractivity contribution in [1.82, 2.24) is 10.3 Å². The van der Waals surface area contributed by atoms with Gasteiger partial charge in [0.2, 0.25) is 5.91 Å². The van der Waals surface area contributed by atoms with Crippen LogP contribution in [-0.4, -0.2) is 16.9 Å². The van der Waals surface area contributed by atoms with E-state index >= 15 is 0 Å². The number of carbonyl (C=O) groups is 1. The van der Waals surface area contributed by atoms with Gasteiger partial charge in [-0.1, -0.05) is 55.0 Å². The summed E-state index contributed by atoms with van der Waals surface area (Å²) in [7, 11) is 0. The molecule has 0 saturated heterocycles. The zero-order valence-corrected chi connectivity index (χ0v) is 16.1. The van der Waals surface area contributed by atoms with Crippen molar-refractivity contribution in [3.05, 3.63) is 70.9 Å². The second-order valence-corrected chi connectivity index (χ2v) is 7.33. The Labute approximate surface area is 155 Å². The molecule has 3 rings (SSSR count). The third-order valence-electron chi connectivity index (χ3n) is 4.87. The predicted octanol–water partition coefficient (Wildman–Crippen LogP) is 5.09. The van der Waals surface area contributed by atoms with Crippen molar-refractivity contribution >= 4 is 16.8 Å². The molecule has 3 aromatic rings. The van der Waals surface area contributed by atoms with Gasteiger partial charge in [0, 0.05) is 35.5 Å². The quantitative estimate of drug-likeness (QED) is 0.640. The summed E-state index contributed by atoms with van der Waals surface area (Å²) in [6.45, 7) is 8.26. The Morgan fingerprint density at radius 3 is 2.62 bits per heavy atom. The van der Waals surface area contributed by atoms with Crippen LogP contribution in [0.5, 0.6) is 0 Å². The van der Waals surface area contributed by atoms with Crippen molar-refractivity contribution in [2.45, 2.75) is 52.5 Å². The van der Waals surface area contributed by atoms with Gasteiger partial charge in [0.05, 0.1) is 0 Å². The van der Waals surface area contributed by atoms with Crippen LogP contribution in [0.2, 0.25) is 0 Å². The highest BCUT2D eigenvalue weighted by Gasteiger charge is 2.22. The van der Waals surface area contributed by atoms with Crippen molar-refractivity contribution < 1.29 is 4.79 Å². The number of hydrogen-bond donors (Lipinski definition) is 2. The Balaban J connectivity index is 2.07. The van der Waals surface area contributed by atoms with Crippen LogP contribution in [-0.2, 0) is 11.2 Å². The summed E-state index contributed by atoms with van der Waals surface area (Å²) >= 11 is 0. The van der Waals surface area contributed by atoms with E-state index in [1.54, 1.807) is 0 Å². The number of rotatable bonds is 6. The lowest BCUT2D eigenvalue weighted by atomic mass is 9.87. The highest BCUT2D eigenvalue weighted by molar-refractivity contribution is 5.88. The maximum absolute atomic E-state index is 12.6. The first kappa shape index (κ1) is 18.2. The van der Waals surface area contributed by atoms with Crippen LogP contribution < -0.4 is 5.32 Å². The highest BCUT2D eigenvalue weighted by atomic mass is 16.1. The van der Waals surface area contributed by atoms with E-state index in [0.717, 1.165) is 6.42 Å². The van der Waals surface area contributed by atoms with Gasteiger partial charge in [-0.05, 0) is 43.9 Å². The maximum atomic E-state index is 12.6. The molecule has 1 aromatic heterocycles. The molecule has 0 spiro atoms. The van der Waals surface area contributed by atoms with Gasteiger partial charge in [-0.25, -0.2) is 0 Å². The molecule has 3 heteroatoms. The van der Waals surface area contributed by atoms with Crippen LogP contribution in [0.1, 0.15) is 55.4 Å². The predicted molar refractivity (Wildman–Crippen MR) is 109 cm³/mol. The number of aromatic nitrogens is 1. The SMILES string of the molecule is CCc1cccc2c([C@@H](CC(=O)NC(C)C)c3cccc(C)c3)c[nH]c12. The van der Waals surface area contributed by atoms with Crippen LogP contribution in [0, 0.1) is 6.92 Å². The van der Waals surface area contributed by atoms with Gasteiger partial charge in [0.25, 0.3) is 0 Å². The van der Waals surface area contributed by atoms with Crippen molar-refractivity contribution in [2.75, 3.05) is 0 Å². The van der Waals surface area contributed by atoms with Crippen molar-refractivity contribution in [2.24, 2.45) is 0 Å². The largest absolute Gasteiger partial charge is 0.361 e. The molecule has 0 unspecified atom stereocenters. The molecule has 26 heavy (non-hydrogen) atoms.